The van der Waals surface area contributed by atoms with Crippen LogP contribution in [0.2, 0.25) is 0 Å². The van der Waals surface area contributed by atoms with Crippen LogP contribution < -0.4 is 15.4 Å². The Bertz CT molecular complexity index is 730. The Hall–Kier alpha value is -2.82. The molecule has 0 fully saturated rings. The summed E-state index contributed by atoms with van der Waals surface area (Å²) in [5.41, 5.74) is 1.80. The fraction of sp³-hybridized carbons (Fsp3) is 0.263. The highest BCUT2D eigenvalue weighted by Crippen LogP contribution is 2.29. The third-order valence-corrected chi connectivity index (χ3v) is 4.05. The molecule has 24 heavy (non-hydrogen) atoms. The van der Waals surface area contributed by atoms with Gasteiger partial charge in [-0.15, -0.1) is 0 Å². The van der Waals surface area contributed by atoms with E-state index in [1.165, 1.54) is 5.56 Å². The summed E-state index contributed by atoms with van der Waals surface area (Å²) in [6, 6.07) is 17.2. The Balaban J connectivity index is 1.53. The van der Waals surface area contributed by atoms with Crippen molar-refractivity contribution in [2.75, 3.05) is 11.9 Å². The van der Waals surface area contributed by atoms with E-state index in [4.69, 9.17) is 4.74 Å². The molecular weight excluding hydrogens is 304 g/mol. The molecule has 124 valence electrons. The van der Waals surface area contributed by atoms with Gasteiger partial charge in [0.1, 0.15) is 5.75 Å². The summed E-state index contributed by atoms with van der Waals surface area (Å²) in [6.45, 7) is 2.57. The maximum absolute atomic E-state index is 12.1. The second-order valence-electron chi connectivity index (χ2n) is 5.91. The van der Waals surface area contributed by atoms with Gasteiger partial charge in [0.25, 0.3) is 5.91 Å². The number of hydrogen-bond donors (Lipinski definition) is 2. The SMILES string of the molecule is C[C@@H](CNC(=O)C[C@@H]1Oc2ccccc2NC1=O)c1ccccc1. The van der Waals surface area contributed by atoms with E-state index in [1.54, 1.807) is 12.1 Å². The van der Waals surface area contributed by atoms with Gasteiger partial charge in [-0.25, -0.2) is 0 Å². The molecule has 1 aliphatic heterocycles. The van der Waals surface area contributed by atoms with E-state index in [1.807, 2.05) is 42.5 Å². The monoisotopic (exact) mass is 324 g/mol. The van der Waals surface area contributed by atoms with Crippen molar-refractivity contribution in [1.82, 2.24) is 5.32 Å². The van der Waals surface area contributed by atoms with Gasteiger partial charge >= 0.3 is 0 Å². The van der Waals surface area contributed by atoms with Gasteiger partial charge in [0.2, 0.25) is 5.91 Å². The molecule has 0 aliphatic carbocycles. The number of carbonyl (C=O) groups is 2. The topological polar surface area (TPSA) is 67.4 Å². The lowest BCUT2D eigenvalue weighted by molar-refractivity contribution is -0.130. The van der Waals surface area contributed by atoms with Crippen LogP contribution in [0.15, 0.2) is 54.6 Å². The second-order valence-corrected chi connectivity index (χ2v) is 5.91. The molecule has 0 saturated heterocycles. The maximum Gasteiger partial charge on any atom is 0.266 e. The Morgan fingerprint density at radius 1 is 1.17 bits per heavy atom. The molecule has 0 saturated carbocycles. The van der Waals surface area contributed by atoms with Crippen LogP contribution >= 0.6 is 0 Å². The normalized spacial score (nSPS) is 17.2. The van der Waals surface area contributed by atoms with E-state index in [-0.39, 0.29) is 24.2 Å². The molecule has 0 spiro atoms. The summed E-state index contributed by atoms with van der Waals surface area (Å²) in [5.74, 6) is 0.307. The number of anilines is 1. The molecule has 0 unspecified atom stereocenters. The van der Waals surface area contributed by atoms with Crippen LogP contribution in [0.3, 0.4) is 0 Å². The second kappa shape index (κ2) is 7.17. The minimum Gasteiger partial charge on any atom is -0.478 e. The van der Waals surface area contributed by atoms with Crippen LogP contribution in [-0.4, -0.2) is 24.5 Å². The van der Waals surface area contributed by atoms with Crippen LogP contribution in [0.25, 0.3) is 0 Å². The van der Waals surface area contributed by atoms with E-state index in [0.29, 0.717) is 18.0 Å². The number of rotatable bonds is 5. The van der Waals surface area contributed by atoms with Crippen molar-refractivity contribution in [3.63, 3.8) is 0 Å². The van der Waals surface area contributed by atoms with Crippen LogP contribution in [0.1, 0.15) is 24.8 Å². The standard InChI is InChI=1S/C19H20N2O3/c1-13(14-7-3-2-4-8-14)12-20-18(22)11-17-19(23)21-15-9-5-6-10-16(15)24-17/h2-10,13,17H,11-12H2,1H3,(H,20,22)(H,21,23)/t13-,17-/m0/s1. The third kappa shape index (κ3) is 3.74. The Morgan fingerprint density at radius 2 is 1.88 bits per heavy atom. The minimum absolute atomic E-state index is 0.00166. The van der Waals surface area contributed by atoms with Crippen molar-refractivity contribution in [1.29, 1.82) is 0 Å². The maximum atomic E-state index is 12.1. The first-order chi connectivity index (χ1) is 11.6. The van der Waals surface area contributed by atoms with Gasteiger partial charge in [-0.3, -0.25) is 9.59 Å². The number of fused-ring (bicyclic) bond motifs is 1. The molecule has 1 heterocycles. The summed E-state index contributed by atoms with van der Waals surface area (Å²) in [5, 5.41) is 5.64. The summed E-state index contributed by atoms with van der Waals surface area (Å²) >= 11 is 0. The molecule has 5 heteroatoms. The molecule has 2 aromatic carbocycles. The zero-order chi connectivity index (χ0) is 16.9. The molecule has 1 aliphatic rings. The molecule has 3 rings (SSSR count). The molecular formula is C19H20N2O3. The fourth-order valence-electron chi connectivity index (χ4n) is 2.63. The van der Waals surface area contributed by atoms with Crippen molar-refractivity contribution in [3.8, 4) is 5.75 Å². The first kappa shape index (κ1) is 16.1. The predicted octanol–water partition coefficient (Wildman–Crippen LogP) is 2.70. The highest BCUT2D eigenvalue weighted by molar-refractivity contribution is 5.99. The number of nitrogens with one attached hydrogen (secondary N) is 2. The molecule has 0 radical (unpaired) electrons. The number of hydrogen-bond acceptors (Lipinski definition) is 3. The number of benzene rings is 2. The van der Waals surface area contributed by atoms with Gasteiger partial charge in [-0.1, -0.05) is 49.4 Å². The van der Waals surface area contributed by atoms with E-state index >= 15 is 0 Å². The van der Waals surface area contributed by atoms with E-state index in [2.05, 4.69) is 17.6 Å². The molecule has 5 nitrogen and oxygen atoms in total. The highest BCUT2D eigenvalue weighted by Gasteiger charge is 2.29. The number of para-hydroxylation sites is 2. The average Bonchev–Trinajstić information content (AvgIpc) is 2.61. The molecule has 2 atom stereocenters. The smallest absolute Gasteiger partial charge is 0.266 e. The van der Waals surface area contributed by atoms with Gasteiger partial charge < -0.3 is 15.4 Å². The third-order valence-electron chi connectivity index (χ3n) is 4.05. The van der Waals surface area contributed by atoms with Gasteiger partial charge in [-0.2, -0.15) is 0 Å². The van der Waals surface area contributed by atoms with Crippen molar-refractivity contribution in [3.05, 3.63) is 60.2 Å². The fourth-order valence-corrected chi connectivity index (χ4v) is 2.63. The van der Waals surface area contributed by atoms with Gasteiger partial charge in [0.15, 0.2) is 6.10 Å². The summed E-state index contributed by atoms with van der Waals surface area (Å²) < 4.78 is 5.63. The first-order valence-corrected chi connectivity index (χ1v) is 8.01. The first-order valence-electron chi connectivity index (χ1n) is 8.01. The molecule has 2 N–H and O–H groups in total. The van der Waals surface area contributed by atoms with E-state index in [0.717, 1.165) is 0 Å². The van der Waals surface area contributed by atoms with Crippen molar-refractivity contribution >= 4 is 17.5 Å². The van der Waals surface area contributed by atoms with Crippen LogP contribution in [0.5, 0.6) is 5.75 Å². The lowest BCUT2D eigenvalue weighted by Crippen LogP contribution is -2.41. The zero-order valence-corrected chi connectivity index (χ0v) is 13.5. The molecule has 2 aromatic rings. The van der Waals surface area contributed by atoms with Crippen LogP contribution in [0.4, 0.5) is 5.69 Å². The van der Waals surface area contributed by atoms with E-state index in [9.17, 15) is 9.59 Å². The molecule has 0 bridgehead atoms. The lowest BCUT2D eigenvalue weighted by Gasteiger charge is -2.25. The number of ether oxygens (including phenoxy) is 1. The Morgan fingerprint density at radius 3 is 2.67 bits per heavy atom. The quantitative estimate of drug-likeness (QED) is 0.888. The summed E-state index contributed by atoms with van der Waals surface area (Å²) in [4.78, 5) is 24.2. The summed E-state index contributed by atoms with van der Waals surface area (Å²) in [7, 11) is 0. The van der Waals surface area contributed by atoms with Crippen LogP contribution in [0, 0.1) is 0 Å². The van der Waals surface area contributed by atoms with Crippen molar-refractivity contribution in [2.45, 2.75) is 25.4 Å². The van der Waals surface area contributed by atoms with E-state index < -0.39 is 6.10 Å². The largest absolute Gasteiger partial charge is 0.478 e. The van der Waals surface area contributed by atoms with Crippen molar-refractivity contribution < 1.29 is 14.3 Å². The summed E-state index contributed by atoms with van der Waals surface area (Å²) in [6.07, 6.45) is -0.797. The highest BCUT2D eigenvalue weighted by atomic mass is 16.5. The molecule has 0 aromatic heterocycles. The number of amides is 2. The average molecular weight is 324 g/mol. The van der Waals surface area contributed by atoms with Crippen LogP contribution in [-0.2, 0) is 9.59 Å². The van der Waals surface area contributed by atoms with Gasteiger partial charge in [-0.05, 0) is 23.6 Å². The molecule has 2 amide bonds. The number of carbonyl (C=O) groups excluding carboxylic acids is 2. The Labute approximate surface area is 141 Å². The van der Waals surface area contributed by atoms with Crippen molar-refractivity contribution in [2.24, 2.45) is 0 Å². The lowest BCUT2D eigenvalue weighted by atomic mass is 10.0. The van der Waals surface area contributed by atoms with Gasteiger partial charge in [0.05, 0.1) is 12.1 Å². The predicted molar refractivity (Wildman–Crippen MR) is 92.0 cm³/mol. The zero-order valence-electron chi connectivity index (χ0n) is 13.5. The Kier molecular flexibility index (Phi) is 4.79. The van der Waals surface area contributed by atoms with Gasteiger partial charge in [0, 0.05) is 6.54 Å². The minimum atomic E-state index is -0.799.